The molecule has 0 spiro atoms. The zero-order valence-corrected chi connectivity index (χ0v) is 14.1. The van der Waals surface area contributed by atoms with Gasteiger partial charge >= 0.3 is 5.97 Å². The highest BCUT2D eigenvalue weighted by molar-refractivity contribution is 5.87. The summed E-state index contributed by atoms with van der Waals surface area (Å²) < 4.78 is 5.82. The van der Waals surface area contributed by atoms with E-state index in [4.69, 9.17) is 9.84 Å². The van der Waals surface area contributed by atoms with Crippen molar-refractivity contribution in [1.29, 1.82) is 0 Å². The second kappa shape index (κ2) is 6.28. The van der Waals surface area contributed by atoms with Gasteiger partial charge in [0.25, 0.3) is 0 Å². The number of para-hydroxylation sites is 1. The first kappa shape index (κ1) is 15.8. The Hall–Kier alpha value is -2.75. The highest BCUT2D eigenvalue weighted by Gasteiger charge is 2.38. The van der Waals surface area contributed by atoms with Gasteiger partial charge in [-0.1, -0.05) is 36.4 Å². The van der Waals surface area contributed by atoms with Crippen molar-refractivity contribution in [3.05, 3.63) is 71.3 Å². The van der Waals surface area contributed by atoms with E-state index in [2.05, 4.69) is 29.6 Å². The molecule has 2 aromatic rings. The van der Waals surface area contributed by atoms with Crippen LogP contribution in [-0.4, -0.2) is 17.7 Å². The van der Waals surface area contributed by atoms with Crippen LogP contribution in [0.4, 0.5) is 5.69 Å². The second-order valence-electron chi connectivity index (χ2n) is 6.56. The number of fused-ring (bicyclic) bond motifs is 3. The van der Waals surface area contributed by atoms with Crippen LogP contribution >= 0.6 is 0 Å². The highest BCUT2D eigenvalue weighted by atomic mass is 16.5. The maximum absolute atomic E-state index is 11.1. The van der Waals surface area contributed by atoms with Crippen LogP contribution in [0.25, 0.3) is 0 Å². The quantitative estimate of drug-likeness (QED) is 0.801. The molecule has 0 saturated heterocycles. The summed E-state index contributed by atoms with van der Waals surface area (Å²) in [5.74, 6) is 0.777. The Bertz CT molecular complexity index is 826. The lowest BCUT2D eigenvalue weighted by Crippen LogP contribution is -2.29. The summed E-state index contributed by atoms with van der Waals surface area (Å²) in [5, 5.41) is 12.8. The topological polar surface area (TPSA) is 58.6 Å². The predicted molar refractivity (Wildman–Crippen MR) is 97.4 cm³/mol. The Morgan fingerprint density at radius 1 is 1.24 bits per heavy atom. The summed E-state index contributed by atoms with van der Waals surface area (Å²) in [6.45, 7) is 2.61. The van der Waals surface area contributed by atoms with Crippen molar-refractivity contribution in [1.82, 2.24) is 0 Å². The third kappa shape index (κ3) is 2.68. The third-order valence-corrected chi connectivity index (χ3v) is 5.18. The van der Waals surface area contributed by atoms with E-state index in [1.165, 1.54) is 5.56 Å². The van der Waals surface area contributed by atoms with E-state index in [1.807, 2.05) is 25.1 Å². The second-order valence-corrected chi connectivity index (χ2v) is 6.56. The van der Waals surface area contributed by atoms with E-state index in [9.17, 15) is 4.79 Å². The maximum Gasteiger partial charge on any atom is 0.335 e. The molecular weight excluding hydrogens is 314 g/mol. The third-order valence-electron chi connectivity index (χ3n) is 5.18. The first-order valence-corrected chi connectivity index (χ1v) is 8.71. The van der Waals surface area contributed by atoms with Crippen molar-refractivity contribution in [3.8, 4) is 5.75 Å². The van der Waals surface area contributed by atoms with Gasteiger partial charge < -0.3 is 15.2 Å². The Balaban J connectivity index is 1.74. The highest BCUT2D eigenvalue weighted by Crippen LogP contribution is 2.52. The van der Waals surface area contributed by atoms with Gasteiger partial charge in [-0.2, -0.15) is 0 Å². The zero-order valence-electron chi connectivity index (χ0n) is 14.1. The molecule has 0 bridgehead atoms. The van der Waals surface area contributed by atoms with Crippen molar-refractivity contribution in [2.75, 3.05) is 11.9 Å². The van der Waals surface area contributed by atoms with Crippen LogP contribution in [0.2, 0.25) is 0 Å². The molecule has 0 radical (unpaired) electrons. The molecular formula is C21H21NO3. The number of carbonyl (C=O) groups is 1. The molecule has 0 fully saturated rings. The van der Waals surface area contributed by atoms with Gasteiger partial charge in [0.1, 0.15) is 5.75 Å². The predicted octanol–water partition coefficient (Wildman–Crippen LogP) is 4.61. The summed E-state index contributed by atoms with van der Waals surface area (Å²) >= 11 is 0. The van der Waals surface area contributed by atoms with Crippen molar-refractivity contribution in [2.45, 2.75) is 25.3 Å². The lowest BCUT2D eigenvalue weighted by molar-refractivity contribution is 0.0697. The molecule has 0 saturated carbocycles. The number of allylic oxidation sites excluding steroid dienone is 2. The van der Waals surface area contributed by atoms with Gasteiger partial charge in [-0.15, -0.1) is 0 Å². The number of nitrogens with one attached hydrogen (secondary N) is 1. The van der Waals surface area contributed by atoms with E-state index in [-0.39, 0.29) is 6.04 Å². The van der Waals surface area contributed by atoms with Crippen LogP contribution < -0.4 is 10.1 Å². The van der Waals surface area contributed by atoms with Crippen molar-refractivity contribution in [2.24, 2.45) is 5.92 Å². The molecule has 2 N–H and O–H groups in total. The molecule has 0 amide bonds. The minimum atomic E-state index is -0.896. The van der Waals surface area contributed by atoms with Crippen LogP contribution in [-0.2, 0) is 0 Å². The molecule has 128 valence electrons. The summed E-state index contributed by atoms with van der Waals surface area (Å²) in [6, 6.07) is 13.6. The van der Waals surface area contributed by atoms with Crippen molar-refractivity contribution >= 4 is 11.7 Å². The van der Waals surface area contributed by atoms with Gasteiger partial charge in [0.2, 0.25) is 0 Å². The van der Waals surface area contributed by atoms with E-state index >= 15 is 0 Å². The summed E-state index contributed by atoms with van der Waals surface area (Å²) in [7, 11) is 0. The first-order valence-electron chi connectivity index (χ1n) is 8.71. The van der Waals surface area contributed by atoms with Gasteiger partial charge in [0.05, 0.1) is 23.9 Å². The number of carboxylic acids is 1. The minimum Gasteiger partial charge on any atom is -0.492 e. The number of hydrogen-bond acceptors (Lipinski definition) is 3. The number of rotatable bonds is 4. The zero-order chi connectivity index (χ0) is 17.4. The van der Waals surface area contributed by atoms with E-state index in [1.54, 1.807) is 12.1 Å². The van der Waals surface area contributed by atoms with E-state index in [0.29, 0.717) is 24.0 Å². The molecule has 3 atom stereocenters. The normalized spacial score (nSPS) is 23.5. The number of carboxylic acid groups (broad SMARTS) is 1. The molecule has 1 aliphatic heterocycles. The molecule has 1 heterocycles. The van der Waals surface area contributed by atoms with E-state index in [0.717, 1.165) is 23.4 Å². The van der Waals surface area contributed by atoms with Gasteiger partial charge in [0, 0.05) is 5.92 Å². The smallest absolute Gasteiger partial charge is 0.335 e. The molecule has 1 aliphatic carbocycles. The summed E-state index contributed by atoms with van der Waals surface area (Å²) in [6.07, 6.45) is 5.55. The lowest BCUT2D eigenvalue weighted by atomic mass is 9.77. The summed E-state index contributed by atoms with van der Waals surface area (Å²) in [5.41, 5.74) is 3.77. The number of benzene rings is 2. The molecule has 2 aromatic carbocycles. The van der Waals surface area contributed by atoms with Gasteiger partial charge in [0.15, 0.2) is 0 Å². The molecule has 0 aromatic heterocycles. The lowest BCUT2D eigenvalue weighted by Gasteiger charge is -2.38. The average Bonchev–Trinajstić information content (AvgIpc) is 3.12. The van der Waals surface area contributed by atoms with Crippen LogP contribution in [0.5, 0.6) is 5.75 Å². The Morgan fingerprint density at radius 2 is 2.04 bits per heavy atom. The van der Waals surface area contributed by atoms with Gasteiger partial charge in [-0.3, -0.25) is 0 Å². The van der Waals surface area contributed by atoms with Crippen LogP contribution in [0.15, 0.2) is 54.6 Å². The number of ether oxygens (including phenoxy) is 1. The average molecular weight is 335 g/mol. The van der Waals surface area contributed by atoms with Crippen molar-refractivity contribution < 1.29 is 14.6 Å². The fourth-order valence-electron chi connectivity index (χ4n) is 4.03. The molecule has 4 rings (SSSR count). The maximum atomic E-state index is 11.1. The molecule has 4 heteroatoms. The number of aromatic carboxylic acids is 1. The van der Waals surface area contributed by atoms with Crippen LogP contribution in [0.1, 0.15) is 46.8 Å². The molecule has 2 aliphatic rings. The van der Waals surface area contributed by atoms with Crippen molar-refractivity contribution in [3.63, 3.8) is 0 Å². The fourth-order valence-corrected chi connectivity index (χ4v) is 4.03. The summed E-state index contributed by atoms with van der Waals surface area (Å²) in [4.78, 5) is 11.1. The molecule has 1 unspecified atom stereocenters. The Morgan fingerprint density at radius 3 is 2.76 bits per heavy atom. The fraction of sp³-hybridized carbons (Fsp3) is 0.286. The van der Waals surface area contributed by atoms with Gasteiger partial charge in [-0.05, 0) is 48.6 Å². The Kier molecular flexibility index (Phi) is 3.96. The largest absolute Gasteiger partial charge is 0.492 e. The van der Waals surface area contributed by atoms with Gasteiger partial charge in [-0.25, -0.2) is 4.79 Å². The standard InChI is InChI=1S/C21H21NO3/c1-2-25-18-8-4-7-17-15-5-3-6-16(15)19(22-20(17)18)13-9-11-14(12-10-13)21(23)24/h3-5,7-12,15-16,19,22H,2,6H2,1H3,(H,23,24)/t15-,16+,19?/m1/s1. The molecule has 25 heavy (non-hydrogen) atoms. The van der Waals surface area contributed by atoms with Crippen LogP contribution in [0.3, 0.4) is 0 Å². The SMILES string of the molecule is CCOc1cccc2c1NC(c1ccc(C(=O)O)cc1)[C@H]1CC=C[C@@H]21. The monoisotopic (exact) mass is 335 g/mol. The number of hydrogen-bond donors (Lipinski definition) is 2. The molecule has 4 nitrogen and oxygen atoms in total. The van der Waals surface area contributed by atoms with E-state index < -0.39 is 5.97 Å². The minimum absolute atomic E-state index is 0.136. The Labute approximate surface area is 147 Å². The first-order chi connectivity index (χ1) is 12.2. The number of anilines is 1. The van der Waals surface area contributed by atoms with Crippen LogP contribution in [0, 0.1) is 5.92 Å².